The lowest BCUT2D eigenvalue weighted by Gasteiger charge is -2.19. The molecule has 1 atom stereocenters. The summed E-state index contributed by atoms with van der Waals surface area (Å²) in [6, 6.07) is 12.2. The van der Waals surface area contributed by atoms with Crippen LogP contribution >= 0.6 is 27.5 Å². The van der Waals surface area contributed by atoms with E-state index in [2.05, 4.69) is 61.0 Å². The molecule has 0 amide bonds. The summed E-state index contributed by atoms with van der Waals surface area (Å²) in [5.41, 5.74) is 2.66. The number of hydrogen-bond acceptors (Lipinski definition) is 1. The summed E-state index contributed by atoms with van der Waals surface area (Å²) in [7, 11) is 0. The molecule has 0 fully saturated rings. The second-order valence-corrected chi connectivity index (χ2v) is 6.66. The topological polar surface area (TPSA) is 13.1 Å². The molecule has 18 heavy (non-hydrogen) atoms. The van der Waals surface area contributed by atoms with E-state index in [1.165, 1.54) is 5.56 Å². The van der Waals surface area contributed by atoms with Crippen LogP contribution in [0.5, 0.6) is 0 Å². The highest BCUT2D eigenvalue weighted by Gasteiger charge is 2.17. The fourth-order valence-corrected chi connectivity index (χ4v) is 2.48. The van der Waals surface area contributed by atoms with E-state index in [1.807, 2.05) is 6.07 Å². The Hall–Kier alpha value is -0.730. The molecule has 1 heterocycles. The third-order valence-corrected chi connectivity index (χ3v) is 4.10. The molecule has 1 aromatic carbocycles. The van der Waals surface area contributed by atoms with Gasteiger partial charge in [-0.15, -0.1) is 0 Å². The van der Waals surface area contributed by atoms with Crippen molar-refractivity contribution in [3.8, 4) is 0 Å². The van der Waals surface area contributed by atoms with E-state index in [9.17, 15) is 0 Å². The number of halogens is 2. The molecule has 2 aromatic rings. The SMILES string of the molecule is CC(C)(C)c1ccc(C(Br)c2ccc(Cl)o2)cc1. The van der Waals surface area contributed by atoms with Crippen molar-refractivity contribution in [2.24, 2.45) is 0 Å². The van der Waals surface area contributed by atoms with Crippen molar-refractivity contribution in [2.75, 3.05) is 0 Å². The molecular formula is C15H16BrClO. The predicted octanol–water partition coefficient (Wildman–Crippen LogP) is 5.71. The monoisotopic (exact) mass is 326 g/mol. The Morgan fingerprint density at radius 1 is 1.06 bits per heavy atom. The molecule has 0 saturated heterocycles. The second-order valence-electron chi connectivity index (χ2n) is 5.38. The first kappa shape index (κ1) is 13.7. The van der Waals surface area contributed by atoms with Gasteiger partial charge >= 0.3 is 0 Å². The van der Waals surface area contributed by atoms with Crippen molar-refractivity contribution < 1.29 is 4.42 Å². The number of rotatable bonds is 2. The summed E-state index contributed by atoms with van der Waals surface area (Å²) in [5.74, 6) is 0.823. The standard InChI is InChI=1S/C15H16BrClO/c1-15(2,3)11-6-4-10(5-7-11)14(16)12-8-9-13(17)18-12/h4-9,14H,1-3H3. The summed E-state index contributed by atoms with van der Waals surface area (Å²) in [4.78, 5) is 0.0408. The molecule has 1 nitrogen and oxygen atoms in total. The fourth-order valence-electron chi connectivity index (χ4n) is 1.78. The third-order valence-electron chi connectivity index (χ3n) is 2.91. The third kappa shape index (κ3) is 2.99. The Morgan fingerprint density at radius 2 is 1.67 bits per heavy atom. The highest BCUT2D eigenvalue weighted by Crippen LogP contribution is 2.34. The average Bonchev–Trinajstić information content (AvgIpc) is 2.74. The minimum Gasteiger partial charge on any atom is -0.448 e. The molecule has 1 unspecified atom stereocenters. The first-order valence-corrected chi connectivity index (χ1v) is 7.17. The van der Waals surface area contributed by atoms with Crippen LogP contribution < -0.4 is 0 Å². The van der Waals surface area contributed by atoms with Crippen molar-refractivity contribution in [1.29, 1.82) is 0 Å². The van der Waals surface area contributed by atoms with Crippen LogP contribution in [-0.2, 0) is 5.41 Å². The van der Waals surface area contributed by atoms with Gasteiger partial charge in [0, 0.05) is 0 Å². The first-order valence-electron chi connectivity index (χ1n) is 5.87. The molecule has 0 N–H and O–H groups in total. The lowest BCUT2D eigenvalue weighted by molar-refractivity contribution is 0.521. The van der Waals surface area contributed by atoms with E-state index in [1.54, 1.807) is 6.07 Å². The Balaban J connectivity index is 2.24. The maximum absolute atomic E-state index is 5.79. The maximum Gasteiger partial charge on any atom is 0.193 e. The van der Waals surface area contributed by atoms with Crippen LogP contribution in [0.2, 0.25) is 5.22 Å². The summed E-state index contributed by atoms with van der Waals surface area (Å²) >= 11 is 9.42. The van der Waals surface area contributed by atoms with Crippen molar-refractivity contribution in [1.82, 2.24) is 0 Å². The van der Waals surface area contributed by atoms with Gasteiger partial charge in [0.2, 0.25) is 0 Å². The van der Waals surface area contributed by atoms with Gasteiger partial charge in [-0.05, 0) is 40.3 Å². The molecule has 96 valence electrons. The minimum atomic E-state index is 0.0408. The highest BCUT2D eigenvalue weighted by atomic mass is 79.9. The molecular weight excluding hydrogens is 312 g/mol. The van der Waals surface area contributed by atoms with Gasteiger partial charge < -0.3 is 4.42 Å². The van der Waals surface area contributed by atoms with Crippen LogP contribution in [0.25, 0.3) is 0 Å². The van der Waals surface area contributed by atoms with Crippen LogP contribution in [0.3, 0.4) is 0 Å². The zero-order chi connectivity index (χ0) is 13.3. The highest BCUT2D eigenvalue weighted by molar-refractivity contribution is 9.09. The van der Waals surface area contributed by atoms with E-state index in [0.717, 1.165) is 11.3 Å². The normalized spacial score (nSPS) is 13.6. The molecule has 3 heteroatoms. The molecule has 0 aliphatic heterocycles. The number of furan rings is 1. The van der Waals surface area contributed by atoms with Gasteiger partial charge in [0.05, 0.1) is 4.83 Å². The van der Waals surface area contributed by atoms with E-state index >= 15 is 0 Å². The minimum absolute atomic E-state index is 0.0408. The number of alkyl halides is 1. The van der Waals surface area contributed by atoms with Gasteiger partial charge in [-0.1, -0.05) is 61.0 Å². The van der Waals surface area contributed by atoms with Crippen molar-refractivity contribution in [2.45, 2.75) is 31.0 Å². The van der Waals surface area contributed by atoms with Crippen LogP contribution in [0, 0.1) is 0 Å². The maximum atomic E-state index is 5.79. The average molecular weight is 328 g/mol. The Labute approximate surface area is 121 Å². The molecule has 2 rings (SSSR count). The number of hydrogen-bond donors (Lipinski definition) is 0. The van der Waals surface area contributed by atoms with Crippen LogP contribution in [0.4, 0.5) is 0 Å². The Kier molecular flexibility index (Phi) is 3.88. The zero-order valence-corrected chi connectivity index (χ0v) is 13.0. The number of benzene rings is 1. The van der Waals surface area contributed by atoms with E-state index in [-0.39, 0.29) is 10.2 Å². The van der Waals surface area contributed by atoms with Gasteiger partial charge in [0.25, 0.3) is 0 Å². The molecule has 0 aliphatic rings. The van der Waals surface area contributed by atoms with Crippen LogP contribution in [0.1, 0.15) is 42.5 Å². The largest absolute Gasteiger partial charge is 0.448 e. The smallest absolute Gasteiger partial charge is 0.193 e. The predicted molar refractivity (Wildman–Crippen MR) is 79.6 cm³/mol. The Bertz CT molecular complexity index is 522. The van der Waals surface area contributed by atoms with Crippen molar-refractivity contribution in [3.05, 3.63) is 58.5 Å². The van der Waals surface area contributed by atoms with E-state index in [0.29, 0.717) is 5.22 Å². The van der Waals surface area contributed by atoms with Gasteiger partial charge in [-0.3, -0.25) is 0 Å². The quantitative estimate of drug-likeness (QED) is 0.643. The Morgan fingerprint density at radius 3 is 2.11 bits per heavy atom. The lowest BCUT2D eigenvalue weighted by Crippen LogP contribution is -2.10. The zero-order valence-electron chi connectivity index (χ0n) is 10.7. The molecule has 1 aromatic heterocycles. The van der Waals surface area contributed by atoms with Crippen LogP contribution in [0.15, 0.2) is 40.8 Å². The molecule has 0 saturated carbocycles. The summed E-state index contributed by atoms with van der Waals surface area (Å²) in [6.07, 6.45) is 0. The van der Waals surface area contributed by atoms with E-state index in [4.69, 9.17) is 16.0 Å². The lowest BCUT2D eigenvalue weighted by atomic mass is 9.86. The van der Waals surface area contributed by atoms with Gasteiger partial charge in [0.15, 0.2) is 5.22 Å². The summed E-state index contributed by atoms with van der Waals surface area (Å²) < 4.78 is 5.42. The van der Waals surface area contributed by atoms with Crippen LogP contribution in [-0.4, -0.2) is 0 Å². The van der Waals surface area contributed by atoms with Gasteiger partial charge in [0.1, 0.15) is 5.76 Å². The van der Waals surface area contributed by atoms with E-state index < -0.39 is 0 Å². The van der Waals surface area contributed by atoms with Crippen molar-refractivity contribution in [3.63, 3.8) is 0 Å². The molecule has 0 aliphatic carbocycles. The van der Waals surface area contributed by atoms with Gasteiger partial charge in [-0.25, -0.2) is 0 Å². The van der Waals surface area contributed by atoms with Gasteiger partial charge in [-0.2, -0.15) is 0 Å². The first-order chi connectivity index (χ1) is 8.38. The second kappa shape index (κ2) is 5.10. The summed E-state index contributed by atoms with van der Waals surface area (Å²) in [5, 5.41) is 0.417. The molecule has 0 spiro atoms. The van der Waals surface area contributed by atoms with Crippen molar-refractivity contribution >= 4 is 27.5 Å². The summed E-state index contributed by atoms with van der Waals surface area (Å²) in [6.45, 7) is 6.62. The molecule has 0 bridgehead atoms. The molecule has 0 radical (unpaired) electrons. The fraction of sp³-hybridized carbons (Fsp3) is 0.333.